The first kappa shape index (κ1) is 7.94. The van der Waals surface area contributed by atoms with E-state index in [1.54, 1.807) is 0 Å². The minimum Gasteiger partial charge on any atom is -0.308 e. The third-order valence-electron chi connectivity index (χ3n) is 1.65. The maximum Gasteiger partial charge on any atom is 0.146 e. The van der Waals surface area contributed by atoms with Gasteiger partial charge in [-0.1, -0.05) is 6.92 Å². The standard InChI is InChI=1S/C7H12N4/c1-3-6-5(2)9-4-10-7(6)11-8/h4H,3,8H2,1-2H3,(H,9,10,11). The summed E-state index contributed by atoms with van der Waals surface area (Å²) in [5.41, 5.74) is 4.60. The minimum absolute atomic E-state index is 0.722. The first-order chi connectivity index (χ1) is 5.29. The molecule has 11 heavy (non-hydrogen) atoms. The minimum atomic E-state index is 0.722. The number of nitrogens with one attached hydrogen (secondary N) is 1. The lowest BCUT2D eigenvalue weighted by molar-refractivity contribution is 0.988. The maximum atomic E-state index is 5.25. The van der Waals surface area contributed by atoms with Crippen LogP contribution in [0, 0.1) is 6.92 Å². The Balaban J connectivity index is 3.13. The average molecular weight is 152 g/mol. The fourth-order valence-electron chi connectivity index (χ4n) is 1.05. The molecule has 60 valence electrons. The Morgan fingerprint density at radius 2 is 2.27 bits per heavy atom. The van der Waals surface area contributed by atoms with Crippen LogP contribution in [-0.2, 0) is 6.42 Å². The van der Waals surface area contributed by atoms with E-state index in [0.29, 0.717) is 0 Å². The van der Waals surface area contributed by atoms with Crippen LogP contribution in [0.1, 0.15) is 18.2 Å². The smallest absolute Gasteiger partial charge is 0.146 e. The van der Waals surface area contributed by atoms with Gasteiger partial charge >= 0.3 is 0 Å². The van der Waals surface area contributed by atoms with Crippen molar-refractivity contribution in [2.45, 2.75) is 20.3 Å². The summed E-state index contributed by atoms with van der Waals surface area (Å²) in [5, 5.41) is 0. The molecule has 0 aromatic carbocycles. The predicted molar refractivity (Wildman–Crippen MR) is 44.0 cm³/mol. The Morgan fingerprint density at radius 1 is 1.55 bits per heavy atom. The normalized spacial score (nSPS) is 9.73. The zero-order valence-electron chi connectivity index (χ0n) is 6.76. The fraction of sp³-hybridized carbons (Fsp3) is 0.429. The molecule has 4 heteroatoms. The molecule has 0 spiro atoms. The van der Waals surface area contributed by atoms with Crippen molar-refractivity contribution in [2.24, 2.45) is 5.84 Å². The Hall–Kier alpha value is -1.16. The van der Waals surface area contributed by atoms with Crippen LogP contribution in [0.4, 0.5) is 5.82 Å². The SMILES string of the molecule is CCc1c(C)ncnc1NN. The van der Waals surface area contributed by atoms with Gasteiger partial charge in [0, 0.05) is 11.3 Å². The number of nitrogens with two attached hydrogens (primary N) is 1. The molecule has 0 bridgehead atoms. The van der Waals surface area contributed by atoms with Gasteiger partial charge in [0.05, 0.1) is 0 Å². The van der Waals surface area contributed by atoms with Crippen molar-refractivity contribution in [3.8, 4) is 0 Å². The van der Waals surface area contributed by atoms with Crippen molar-refractivity contribution in [2.75, 3.05) is 5.43 Å². The predicted octanol–water partition coefficient (Wildman–Crippen LogP) is 0.633. The number of anilines is 1. The lowest BCUT2D eigenvalue weighted by atomic mass is 10.2. The Bertz CT molecular complexity index is 246. The highest BCUT2D eigenvalue weighted by atomic mass is 15.3. The molecule has 0 atom stereocenters. The zero-order chi connectivity index (χ0) is 8.27. The molecule has 4 nitrogen and oxygen atoms in total. The summed E-state index contributed by atoms with van der Waals surface area (Å²) in [5.74, 6) is 5.98. The highest BCUT2D eigenvalue weighted by Crippen LogP contribution is 2.12. The summed E-state index contributed by atoms with van der Waals surface area (Å²) in [7, 11) is 0. The van der Waals surface area contributed by atoms with Crippen molar-refractivity contribution >= 4 is 5.82 Å². The van der Waals surface area contributed by atoms with E-state index < -0.39 is 0 Å². The van der Waals surface area contributed by atoms with Crippen molar-refractivity contribution in [1.82, 2.24) is 9.97 Å². The van der Waals surface area contributed by atoms with Gasteiger partial charge in [-0.15, -0.1) is 0 Å². The molecular weight excluding hydrogens is 140 g/mol. The van der Waals surface area contributed by atoms with Gasteiger partial charge in [0.2, 0.25) is 0 Å². The number of aryl methyl sites for hydroxylation is 1. The molecule has 0 amide bonds. The van der Waals surface area contributed by atoms with Crippen LogP contribution in [0.2, 0.25) is 0 Å². The Kier molecular flexibility index (Phi) is 2.38. The number of hydrazine groups is 1. The third-order valence-corrected chi connectivity index (χ3v) is 1.65. The van der Waals surface area contributed by atoms with Gasteiger partial charge in [0.1, 0.15) is 12.1 Å². The summed E-state index contributed by atoms with van der Waals surface area (Å²) in [6.07, 6.45) is 2.40. The second-order valence-corrected chi connectivity index (χ2v) is 2.28. The van der Waals surface area contributed by atoms with E-state index in [1.165, 1.54) is 6.33 Å². The third kappa shape index (κ3) is 1.46. The average Bonchev–Trinajstić information content (AvgIpc) is 2.04. The van der Waals surface area contributed by atoms with Gasteiger partial charge in [-0.25, -0.2) is 15.8 Å². The molecule has 0 fully saturated rings. The number of aromatic nitrogens is 2. The van der Waals surface area contributed by atoms with Crippen molar-refractivity contribution in [3.63, 3.8) is 0 Å². The van der Waals surface area contributed by atoms with Gasteiger partial charge in [-0.05, 0) is 13.3 Å². The molecule has 0 radical (unpaired) electrons. The molecule has 0 saturated heterocycles. The summed E-state index contributed by atoms with van der Waals surface area (Å²) >= 11 is 0. The highest BCUT2D eigenvalue weighted by Gasteiger charge is 2.03. The largest absolute Gasteiger partial charge is 0.308 e. The lowest BCUT2D eigenvalue weighted by Gasteiger charge is -2.06. The van der Waals surface area contributed by atoms with E-state index >= 15 is 0 Å². The van der Waals surface area contributed by atoms with Crippen LogP contribution < -0.4 is 11.3 Å². The summed E-state index contributed by atoms with van der Waals surface area (Å²) in [6.45, 7) is 3.99. The summed E-state index contributed by atoms with van der Waals surface area (Å²) in [6, 6.07) is 0. The maximum absolute atomic E-state index is 5.25. The topological polar surface area (TPSA) is 63.8 Å². The zero-order valence-corrected chi connectivity index (χ0v) is 6.76. The number of nitrogens with zero attached hydrogens (tertiary/aromatic N) is 2. The van der Waals surface area contributed by atoms with Crippen LogP contribution in [0.25, 0.3) is 0 Å². The summed E-state index contributed by atoms with van der Waals surface area (Å²) < 4.78 is 0. The van der Waals surface area contributed by atoms with E-state index in [4.69, 9.17) is 5.84 Å². The molecule has 3 N–H and O–H groups in total. The van der Waals surface area contributed by atoms with Gasteiger partial charge in [0.25, 0.3) is 0 Å². The van der Waals surface area contributed by atoms with Gasteiger partial charge < -0.3 is 5.43 Å². The van der Waals surface area contributed by atoms with E-state index in [2.05, 4.69) is 15.4 Å². The van der Waals surface area contributed by atoms with Crippen LogP contribution >= 0.6 is 0 Å². The van der Waals surface area contributed by atoms with Gasteiger partial charge in [-0.2, -0.15) is 0 Å². The lowest BCUT2D eigenvalue weighted by Crippen LogP contribution is -2.12. The van der Waals surface area contributed by atoms with E-state index in [0.717, 1.165) is 23.5 Å². The van der Waals surface area contributed by atoms with E-state index in [9.17, 15) is 0 Å². The van der Waals surface area contributed by atoms with E-state index in [-0.39, 0.29) is 0 Å². The number of rotatable bonds is 2. The Labute approximate surface area is 65.8 Å². The Morgan fingerprint density at radius 3 is 2.73 bits per heavy atom. The highest BCUT2D eigenvalue weighted by molar-refractivity contribution is 5.44. The molecule has 1 aromatic heterocycles. The van der Waals surface area contributed by atoms with Crippen molar-refractivity contribution in [3.05, 3.63) is 17.6 Å². The molecule has 1 heterocycles. The van der Waals surface area contributed by atoms with Gasteiger partial charge in [0.15, 0.2) is 0 Å². The van der Waals surface area contributed by atoms with Crippen LogP contribution in [0.15, 0.2) is 6.33 Å². The molecule has 1 aromatic rings. The van der Waals surface area contributed by atoms with Gasteiger partial charge in [-0.3, -0.25) is 0 Å². The monoisotopic (exact) mass is 152 g/mol. The summed E-state index contributed by atoms with van der Waals surface area (Å²) in [4.78, 5) is 8.03. The van der Waals surface area contributed by atoms with Crippen LogP contribution in [0.5, 0.6) is 0 Å². The molecule has 0 saturated carbocycles. The molecule has 0 unspecified atom stereocenters. The van der Waals surface area contributed by atoms with Crippen molar-refractivity contribution < 1.29 is 0 Å². The fourth-order valence-corrected chi connectivity index (χ4v) is 1.05. The molecule has 0 aliphatic rings. The molecule has 0 aliphatic carbocycles. The second kappa shape index (κ2) is 3.30. The number of hydrogen-bond acceptors (Lipinski definition) is 4. The van der Waals surface area contributed by atoms with Crippen LogP contribution in [0.3, 0.4) is 0 Å². The first-order valence-electron chi connectivity index (χ1n) is 3.56. The molecular formula is C7H12N4. The second-order valence-electron chi connectivity index (χ2n) is 2.28. The molecule has 1 rings (SSSR count). The number of nitrogen functional groups attached to an aromatic ring is 1. The number of hydrogen-bond donors (Lipinski definition) is 2. The van der Waals surface area contributed by atoms with Crippen LogP contribution in [-0.4, -0.2) is 9.97 Å². The first-order valence-corrected chi connectivity index (χ1v) is 3.56. The quantitative estimate of drug-likeness (QED) is 0.482. The van der Waals surface area contributed by atoms with E-state index in [1.807, 2.05) is 13.8 Å². The molecule has 0 aliphatic heterocycles. The van der Waals surface area contributed by atoms with Crippen molar-refractivity contribution in [1.29, 1.82) is 0 Å².